The maximum atomic E-state index is 12.8. The van der Waals surface area contributed by atoms with Crippen molar-refractivity contribution in [3.8, 4) is 0 Å². The van der Waals surface area contributed by atoms with Crippen LogP contribution in [0, 0.1) is 6.92 Å². The number of rotatable bonds is 5. The van der Waals surface area contributed by atoms with E-state index in [1.165, 1.54) is 14.2 Å². The first-order valence-electron chi connectivity index (χ1n) is 8.45. The van der Waals surface area contributed by atoms with Crippen LogP contribution >= 0.6 is 15.9 Å². The van der Waals surface area contributed by atoms with Crippen LogP contribution in [0.1, 0.15) is 24.0 Å². The van der Waals surface area contributed by atoms with Gasteiger partial charge in [-0.25, -0.2) is 4.79 Å². The van der Waals surface area contributed by atoms with Crippen LogP contribution in [0.5, 0.6) is 0 Å². The second kappa shape index (κ2) is 7.95. The lowest BCUT2D eigenvalue weighted by Gasteiger charge is -2.25. The van der Waals surface area contributed by atoms with Crippen molar-refractivity contribution in [3.05, 3.63) is 33.8 Å². The van der Waals surface area contributed by atoms with Crippen molar-refractivity contribution in [3.63, 3.8) is 0 Å². The van der Waals surface area contributed by atoms with E-state index < -0.39 is 23.8 Å². The molecule has 2 heterocycles. The monoisotopic (exact) mass is 440 g/mol. The van der Waals surface area contributed by atoms with Crippen LogP contribution in [0.15, 0.2) is 27.8 Å². The van der Waals surface area contributed by atoms with Crippen LogP contribution in [0.3, 0.4) is 0 Å². The normalized spacial score (nSPS) is 27.0. The molecular formula is C18H21BrN2O6. The minimum Gasteiger partial charge on any atom is -0.467 e. The van der Waals surface area contributed by atoms with Crippen molar-refractivity contribution >= 4 is 33.5 Å². The minimum atomic E-state index is -1.55. The zero-order valence-corrected chi connectivity index (χ0v) is 16.9. The molecule has 27 heavy (non-hydrogen) atoms. The highest BCUT2D eigenvalue weighted by atomic mass is 79.9. The number of esters is 1. The third-order valence-corrected chi connectivity index (χ3v) is 5.01. The van der Waals surface area contributed by atoms with E-state index in [9.17, 15) is 9.59 Å². The van der Waals surface area contributed by atoms with Crippen molar-refractivity contribution in [2.45, 2.75) is 37.7 Å². The first-order valence-corrected chi connectivity index (χ1v) is 9.24. The molecule has 0 radical (unpaired) electrons. The molecule has 1 fully saturated rings. The fourth-order valence-electron chi connectivity index (χ4n) is 3.11. The van der Waals surface area contributed by atoms with Crippen LogP contribution in [0.4, 0.5) is 0 Å². The molecule has 3 unspecified atom stereocenters. The Balaban J connectivity index is 1.67. The van der Waals surface area contributed by atoms with Crippen molar-refractivity contribution in [1.29, 1.82) is 0 Å². The van der Waals surface area contributed by atoms with E-state index in [0.717, 1.165) is 15.6 Å². The van der Waals surface area contributed by atoms with E-state index >= 15 is 0 Å². The van der Waals surface area contributed by atoms with Crippen molar-refractivity contribution in [1.82, 2.24) is 5.32 Å². The van der Waals surface area contributed by atoms with E-state index in [1.54, 1.807) is 0 Å². The number of halogens is 1. The van der Waals surface area contributed by atoms with Crippen molar-refractivity contribution in [2.75, 3.05) is 20.8 Å². The first kappa shape index (κ1) is 19.8. The Morgan fingerprint density at radius 1 is 1.33 bits per heavy atom. The van der Waals surface area contributed by atoms with Gasteiger partial charge in [-0.2, -0.15) is 0 Å². The third kappa shape index (κ3) is 4.15. The fourth-order valence-corrected chi connectivity index (χ4v) is 3.72. The second-order valence-electron chi connectivity index (χ2n) is 6.53. The Labute approximate surface area is 165 Å². The summed E-state index contributed by atoms with van der Waals surface area (Å²) >= 11 is 3.46. The summed E-state index contributed by atoms with van der Waals surface area (Å²) in [4.78, 5) is 29.7. The van der Waals surface area contributed by atoms with Gasteiger partial charge in [-0.05, 0) is 24.6 Å². The molecular weight excluding hydrogens is 420 g/mol. The van der Waals surface area contributed by atoms with E-state index in [4.69, 9.17) is 14.3 Å². The number of hydrogen-bond acceptors (Lipinski definition) is 7. The first-order chi connectivity index (χ1) is 12.9. The fraction of sp³-hybridized carbons (Fsp3) is 0.500. The minimum absolute atomic E-state index is 0.166. The molecule has 8 nitrogen and oxygen atoms in total. The van der Waals surface area contributed by atoms with Gasteiger partial charge in [-0.15, -0.1) is 0 Å². The van der Waals surface area contributed by atoms with Gasteiger partial charge in [0.1, 0.15) is 0 Å². The molecule has 2 aliphatic heterocycles. The van der Waals surface area contributed by atoms with E-state index in [-0.39, 0.29) is 19.1 Å². The van der Waals surface area contributed by atoms with Gasteiger partial charge < -0.3 is 24.4 Å². The Morgan fingerprint density at radius 3 is 2.78 bits per heavy atom. The molecule has 3 atom stereocenters. The van der Waals surface area contributed by atoms with Crippen LogP contribution in [0.25, 0.3) is 0 Å². The lowest BCUT2D eigenvalue weighted by atomic mass is 10.0. The number of nitrogens with zero attached hydrogens (tertiary/aromatic N) is 1. The summed E-state index contributed by atoms with van der Waals surface area (Å²) in [6, 6.07) is 5.51. The van der Waals surface area contributed by atoms with E-state index in [1.807, 2.05) is 25.1 Å². The van der Waals surface area contributed by atoms with Crippen LogP contribution in [-0.4, -0.2) is 56.3 Å². The maximum absolute atomic E-state index is 12.8. The Hall–Kier alpha value is -1.97. The predicted octanol–water partition coefficient (Wildman–Crippen LogP) is 1.67. The smallest absolute Gasteiger partial charge is 0.335 e. The van der Waals surface area contributed by atoms with Gasteiger partial charge in [0.05, 0.1) is 31.9 Å². The second-order valence-corrected chi connectivity index (χ2v) is 7.45. The topological polar surface area (TPSA) is 95.5 Å². The van der Waals surface area contributed by atoms with Gasteiger partial charge in [0.25, 0.3) is 5.91 Å². The van der Waals surface area contributed by atoms with Crippen LogP contribution < -0.4 is 5.32 Å². The Morgan fingerprint density at radius 2 is 2.11 bits per heavy atom. The van der Waals surface area contributed by atoms with Gasteiger partial charge in [0.15, 0.2) is 6.10 Å². The summed E-state index contributed by atoms with van der Waals surface area (Å²) < 4.78 is 16.3. The number of ether oxygens (including phenoxy) is 3. The van der Waals surface area contributed by atoms with E-state index in [0.29, 0.717) is 12.1 Å². The molecule has 1 amide bonds. The quantitative estimate of drug-likeness (QED) is 0.699. The molecule has 0 bridgehead atoms. The number of amides is 1. The highest BCUT2D eigenvalue weighted by molar-refractivity contribution is 9.10. The van der Waals surface area contributed by atoms with Crippen molar-refractivity contribution in [2.24, 2.45) is 5.16 Å². The zero-order valence-electron chi connectivity index (χ0n) is 15.3. The highest BCUT2D eigenvalue weighted by Crippen LogP contribution is 2.30. The molecule has 2 aliphatic rings. The number of methoxy groups -OCH3 is 2. The van der Waals surface area contributed by atoms with Crippen molar-refractivity contribution < 1.29 is 28.6 Å². The predicted molar refractivity (Wildman–Crippen MR) is 99.2 cm³/mol. The zero-order chi connectivity index (χ0) is 19.6. The standard InChI is InChI=1S/C18H21BrN2O6/c1-10-4-11(6-12(19)5-10)14-8-18(25-3,27-21-14)17(23)20-13-7-15(26-9-13)16(22)24-2/h4-6,13,15H,7-9H2,1-3H3,(H,20,23). The number of oxime groups is 1. The molecule has 1 aromatic rings. The number of aryl methyl sites for hydroxylation is 1. The number of benzene rings is 1. The number of hydrogen-bond donors (Lipinski definition) is 1. The molecule has 3 rings (SSSR count). The molecule has 1 saturated heterocycles. The Kier molecular flexibility index (Phi) is 5.83. The number of carbonyl (C=O) groups is 2. The van der Waals surface area contributed by atoms with Gasteiger partial charge in [0, 0.05) is 23.6 Å². The summed E-state index contributed by atoms with van der Waals surface area (Å²) in [6.45, 7) is 2.18. The molecule has 0 saturated carbocycles. The largest absolute Gasteiger partial charge is 0.467 e. The summed E-state index contributed by atoms with van der Waals surface area (Å²) in [5.74, 6) is -2.47. The molecule has 9 heteroatoms. The Bertz CT molecular complexity index is 763. The van der Waals surface area contributed by atoms with Crippen LogP contribution in [-0.2, 0) is 28.6 Å². The maximum Gasteiger partial charge on any atom is 0.335 e. The SMILES string of the molecule is COC(=O)C1CC(NC(=O)C2(OC)CC(c3cc(C)cc(Br)c3)=NO2)CO1. The lowest BCUT2D eigenvalue weighted by molar-refractivity contribution is -0.209. The van der Waals surface area contributed by atoms with Crippen LogP contribution in [0.2, 0.25) is 0 Å². The average molecular weight is 441 g/mol. The van der Waals surface area contributed by atoms with Gasteiger partial charge in [0.2, 0.25) is 0 Å². The summed E-state index contributed by atoms with van der Waals surface area (Å²) in [5, 5.41) is 6.88. The lowest BCUT2D eigenvalue weighted by Crippen LogP contribution is -2.52. The highest BCUT2D eigenvalue weighted by Gasteiger charge is 2.49. The average Bonchev–Trinajstić information content (AvgIpc) is 3.28. The van der Waals surface area contributed by atoms with Gasteiger partial charge in [-0.1, -0.05) is 27.2 Å². The number of carbonyl (C=O) groups excluding carboxylic acids is 2. The number of nitrogens with one attached hydrogen (secondary N) is 1. The molecule has 0 aromatic heterocycles. The molecule has 0 spiro atoms. The summed E-state index contributed by atoms with van der Waals surface area (Å²) in [6.07, 6.45) is -0.185. The third-order valence-electron chi connectivity index (χ3n) is 4.55. The van der Waals surface area contributed by atoms with E-state index in [2.05, 4.69) is 31.1 Å². The van der Waals surface area contributed by atoms with Gasteiger partial charge >= 0.3 is 11.8 Å². The molecule has 0 aliphatic carbocycles. The molecule has 1 N–H and O–H groups in total. The molecule has 1 aromatic carbocycles. The van der Waals surface area contributed by atoms with Gasteiger partial charge in [-0.3, -0.25) is 4.79 Å². The summed E-state index contributed by atoms with van der Waals surface area (Å²) in [7, 11) is 2.69. The summed E-state index contributed by atoms with van der Waals surface area (Å²) in [5.41, 5.74) is 2.52. The molecule has 146 valence electrons.